The van der Waals surface area contributed by atoms with Crippen LogP contribution in [-0.4, -0.2) is 71.3 Å². The lowest BCUT2D eigenvalue weighted by molar-refractivity contribution is 0.0418. The molecule has 0 N–H and O–H groups in total. The zero-order valence-electron chi connectivity index (χ0n) is 23.2. The average Bonchev–Trinajstić information content (AvgIpc) is 3.64. The second-order valence-corrected chi connectivity index (χ2v) is 14.6. The van der Waals surface area contributed by atoms with Gasteiger partial charge in [-0.25, -0.2) is 17.8 Å². The van der Waals surface area contributed by atoms with Gasteiger partial charge in [-0.1, -0.05) is 6.07 Å². The molecule has 0 radical (unpaired) electrons. The van der Waals surface area contributed by atoms with Crippen molar-refractivity contribution in [2.45, 2.75) is 93.3 Å². The highest BCUT2D eigenvalue weighted by Crippen LogP contribution is 2.45. The molecule has 1 aromatic heterocycles. The molecule has 4 fully saturated rings. The number of benzene rings is 2. The summed E-state index contributed by atoms with van der Waals surface area (Å²) in [5, 5.41) is 0. The van der Waals surface area contributed by atoms with Gasteiger partial charge in [-0.15, -0.1) is 0 Å². The summed E-state index contributed by atoms with van der Waals surface area (Å²) >= 11 is 0. The lowest BCUT2D eigenvalue weighted by atomic mass is 9.86. The molecule has 0 spiro atoms. The predicted octanol–water partition coefficient (Wildman–Crippen LogP) is 5.43. The number of halogens is 1. The lowest BCUT2D eigenvalue weighted by Gasteiger charge is -2.45. The van der Waals surface area contributed by atoms with Gasteiger partial charge in [0, 0.05) is 43.0 Å². The van der Waals surface area contributed by atoms with Crippen molar-refractivity contribution in [1.29, 1.82) is 0 Å². The minimum absolute atomic E-state index is 0.282. The van der Waals surface area contributed by atoms with Gasteiger partial charge in [0.1, 0.15) is 16.5 Å². The third kappa shape index (κ3) is 4.52. The molecule has 2 atom stereocenters. The first-order valence-corrected chi connectivity index (χ1v) is 16.5. The molecule has 4 aliphatic rings. The Kier molecular flexibility index (Phi) is 6.17. The molecule has 3 saturated heterocycles. The van der Waals surface area contributed by atoms with Gasteiger partial charge in [-0.2, -0.15) is 0 Å². The van der Waals surface area contributed by atoms with Gasteiger partial charge in [0.05, 0.1) is 11.0 Å². The molecule has 3 aliphatic heterocycles. The summed E-state index contributed by atoms with van der Waals surface area (Å²) in [6.45, 7) is 4.46. The van der Waals surface area contributed by atoms with Crippen LogP contribution in [0, 0.1) is 12.7 Å². The molecule has 208 valence electrons. The van der Waals surface area contributed by atoms with Crippen LogP contribution in [0.25, 0.3) is 22.4 Å². The van der Waals surface area contributed by atoms with Gasteiger partial charge in [-0.3, -0.25) is 4.90 Å². The number of imidazole rings is 1. The van der Waals surface area contributed by atoms with E-state index in [0.29, 0.717) is 17.3 Å². The van der Waals surface area contributed by atoms with Crippen LogP contribution < -0.4 is 0 Å². The van der Waals surface area contributed by atoms with Crippen molar-refractivity contribution < 1.29 is 12.8 Å². The maximum Gasteiger partial charge on any atom is 0.178 e. The Labute approximate surface area is 231 Å². The Morgan fingerprint density at radius 3 is 2.18 bits per heavy atom. The normalized spacial score (nSPS) is 27.0. The molecule has 1 saturated carbocycles. The molecule has 2 unspecified atom stereocenters. The molecule has 7 rings (SSSR count). The van der Waals surface area contributed by atoms with Gasteiger partial charge < -0.3 is 9.47 Å². The highest BCUT2D eigenvalue weighted by atomic mass is 32.2. The van der Waals surface area contributed by atoms with E-state index in [9.17, 15) is 12.8 Å². The third-order valence-corrected chi connectivity index (χ3v) is 11.2. The monoisotopic (exact) mass is 550 g/mol. The summed E-state index contributed by atoms with van der Waals surface area (Å²) in [7, 11) is -1.66. The Bertz CT molecular complexity index is 1520. The van der Waals surface area contributed by atoms with Crippen molar-refractivity contribution in [2.75, 3.05) is 19.3 Å². The molecular weight excluding hydrogens is 511 g/mol. The van der Waals surface area contributed by atoms with Gasteiger partial charge in [0.15, 0.2) is 9.84 Å². The number of aromatic nitrogens is 2. The minimum atomic E-state index is -3.62. The fraction of sp³-hybridized carbons (Fsp3) is 0.581. The van der Waals surface area contributed by atoms with Crippen LogP contribution in [-0.2, 0) is 16.9 Å². The largest absolute Gasteiger partial charge is 0.327 e. The number of piperidine rings is 2. The van der Waals surface area contributed by atoms with Crippen molar-refractivity contribution in [1.82, 2.24) is 19.4 Å². The number of aryl methyl sites for hydroxylation is 2. The number of sulfone groups is 1. The standard InChI is InChI=1S/C31H39FN4O2S/c1-19-14-22(16-28-30(19)33-31(34(28)2)21-4-9-29(27(32)15-21)39(3,37)38)20-10-12-35(13-11-20)26-17-24-7-8-25(18-26)36(24)23-5-6-23/h4,9,14-16,20,23-26H,5-8,10-13,17-18H2,1-3H3. The number of hydrogen-bond donors (Lipinski definition) is 0. The first kappa shape index (κ1) is 25.7. The van der Waals surface area contributed by atoms with Crippen LogP contribution in [0.4, 0.5) is 4.39 Å². The smallest absolute Gasteiger partial charge is 0.178 e. The van der Waals surface area contributed by atoms with E-state index in [1.54, 1.807) is 6.07 Å². The summed E-state index contributed by atoms with van der Waals surface area (Å²) in [6.07, 6.45) is 11.8. The van der Waals surface area contributed by atoms with E-state index < -0.39 is 15.7 Å². The van der Waals surface area contributed by atoms with E-state index in [1.165, 1.54) is 82.2 Å². The van der Waals surface area contributed by atoms with E-state index >= 15 is 0 Å². The molecule has 0 amide bonds. The zero-order chi connectivity index (χ0) is 27.1. The SMILES string of the molecule is Cc1cc(C2CCN(C3CC4CCC(C3)N4C3CC3)CC2)cc2c1nc(-c1ccc(S(C)(=O)=O)c(F)c1)n2C. The molecule has 39 heavy (non-hydrogen) atoms. The number of rotatable bonds is 5. The van der Waals surface area contributed by atoms with E-state index in [1.807, 2.05) is 11.6 Å². The molecule has 6 nitrogen and oxygen atoms in total. The Balaban J connectivity index is 1.09. The van der Waals surface area contributed by atoms with Gasteiger partial charge in [0.2, 0.25) is 0 Å². The summed E-state index contributed by atoms with van der Waals surface area (Å²) in [5.74, 6) is 0.445. The first-order chi connectivity index (χ1) is 18.7. The van der Waals surface area contributed by atoms with E-state index in [-0.39, 0.29) is 4.90 Å². The van der Waals surface area contributed by atoms with Gasteiger partial charge >= 0.3 is 0 Å². The van der Waals surface area contributed by atoms with Crippen LogP contribution in [0.5, 0.6) is 0 Å². The van der Waals surface area contributed by atoms with Crippen molar-refractivity contribution in [3.63, 3.8) is 0 Å². The average molecular weight is 551 g/mol. The Morgan fingerprint density at radius 2 is 1.56 bits per heavy atom. The molecule has 3 aromatic rings. The zero-order valence-corrected chi connectivity index (χ0v) is 24.1. The number of likely N-dealkylation sites (tertiary alicyclic amines) is 1. The Hall–Kier alpha value is -2.29. The van der Waals surface area contributed by atoms with Crippen LogP contribution in [0.2, 0.25) is 0 Å². The topological polar surface area (TPSA) is 58.4 Å². The van der Waals surface area contributed by atoms with Crippen LogP contribution in [0.1, 0.15) is 68.4 Å². The summed E-state index contributed by atoms with van der Waals surface area (Å²) in [4.78, 5) is 10.3. The second-order valence-electron chi connectivity index (χ2n) is 12.6. The van der Waals surface area contributed by atoms with Crippen LogP contribution in [0.15, 0.2) is 35.2 Å². The third-order valence-electron chi connectivity index (χ3n) is 10.0. The fourth-order valence-electron chi connectivity index (χ4n) is 7.97. The maximum atomic E-state index is 14.7. The molecular formula is C31H39FN4O2S. The van der Waals surface area contributed by atoms with E-state index in [2.05, 4.69) is 28.9 Å². The minimum Gasteiger partial charge on any atom is -0.327 e. The second kappa shape index (κ2) is 9.38. The summed E-state index contributed by atoms with van der Waals surface area (Å²) in [5.41, 5.74) is 5.04. The lowest BCUT2D eigenvalue weighted by Crippen LogP contribution is -2.52. The van der Waals surface area contributed by atoms with Crippen molar-refractivity contribution in [3.05, 3.63) is 47.3 Å². The Morgan fingerprint density at radius 1 is 0.897 bits per heavy atom. The molecule has 8 heteroatoms. The number of fused-ring (bicyclic) bond motifs is 3. The van der Waals surface area contributed by atoms with E-state index in [0.717, 1.165) is 47.0 Å². The maximum absolute atomic E-state index is 14.7. The van der Waals surface area contributed by atoms with Crippen LogP contribution >= 0.6 is 0 Å². The predicted molar refractivity (Wildman–Crippen MR) is 152 cm³/mol. The first-order valence-electron chi connectivity index (χ1n) is 14.7. The van der Waals surface area contributed by atoms with Crippen molar-refractivity contribution in [2.24, 2.45) is 7.05 Å². The molecule has 1 aliphatic carbocycles. The van der Waals surface area contributed by atoms with Crippen molar-refractivity contribution in [3.8, 4) is 11.4 Å². The van der Waals surface area contributed by atoms with E-state index in [4.69, 9.17) is 4.98 Å². The van der Waals surface area contributed by atoms with Gasteiger partial charge in [-0.05, 0) is 113 Å². The highest BCUT2D eigenvalue weighted by Gasteiger charge is 2.48. The molecule has 4 heterocycles. The summed E-state index contributed by atoms with van der Waals surface area (Å²) < 4.78 is 40.4. The number of hydrogen-bond acceptors (Lipinski definition) is 5. The van der Waals surface area contributed by atoms with Crippen molar-refractivity contribution >= 4 is 20.9 Å². The number of nitrogens with zero attached hydrogens (tertiary/aromatic N) is 4. The summed E-state index contributed by atoms with van der Waals surface area (Å²) in [6, 6.07) is 12.2. The van der Waals surface area contributed by atoms with Crippen LogP contribution in [0.3, 0.4) is 0 Å². The molecule has 2 bridgehead atoms. The van der Waals surface area contributed by atoms with Gasteiger partial charge in [0.25, 0.3) is 0 Å². The highest BCUT2D eigenvalue weighted by molar-refractivity contribution is 7.90. The fourth-order valence-corrected chi connectivity index (χ4v) is 8.70. The molecule has 2 aromatic carbocycles. The quantitative estimate of drug-likeness (QED) is 0.424.